The summed E-state index contributed by atoms with van der Waals surface area (Å²) in [6, 6.07) is 0.586. The van der Waals surface area contributed by atoms with Crippen molar-refractivity contribution in [2.45, 2.75) is 45.6 Å². The molecule has 0 aromatic heterocycles. The molecule has 2 fully saturated rings. The summed E-state index contributed by atoms with van der Waals surface area (Å²) in [5, 5.41) is 0. The minimum Gasteiger partial charge on any atom is -0.341 e. The van der Waals surface area contributed by atoms with Gasteiger partial charge in [-0.1, -0.05) is 6.42 Å². The second-order valence-corrected chi connectivity index (χ2v) is 6.38. The molecule has 0 aromatic carbocycles. The van der Waals surface area contributed by atoms with Crippen molar-refractivity contribution in [3.8, 4) is 0 Å². The predicted octanol–water partition coefficient (Wildman–Crippen LogP) is 1.90. The van der Waals surface area contributed by atoms with Crippen molar-refractivity contribution in [2.24, 2.45) is 11.1 Å². The summed E-state index contributed by atoms with van der Waals surface area (Å²) in [6.45, 7) is 8.56. The Bertz CT molecular complexity index is 307. The van der Waals surface area contributed by atoms with E-state index in [1.165, 1.54) is 32.4 Å². The highest BCUT2D eigenvalue weighted by atomic mass is 35.5. The number of amides is 1. The average molecular weight is 326 g/mol. The number of piperidine rings is 1. The van der Waals surface area contributed by atoms with E-state index in [1.54, 1.807) is 0 Å². The largest absolute Gasteiger partial charge is 0.341 e. The highest BCUT2D eigenvalue weighted by Gasteiger charge is 2.36. The molecule has 1 unspecified atom stereocenters. The molecule has 0 bridgehead atoms. The van der Waals surface area contributed by atoms with Crippen LogP contribution in [-0.4, -0.2) is 54.5 Å². The second kappa shape index (κ2) is 8.42. The predicted molar refractivity (Wildman–Crippen MR) is 87.7 cm³/mol. The molecule has 2 N–H and O–H groups in total. The Labute approximate surface area is 135 Å². The number of rotatable bonds is 3. The van der Waals surface area contributed by atoms with Crippen LogP contribution in [0.1, 0.15) is 39.5 Å². The number of carbonyl (C=O) groups is 1. The molecule has 1 atom stereocenters. The summed E-state index contributed by atoms with van der Waals surface area (Å²) >= 11 is 0. The van der Waals surface area contributed by atoms with Gasteiger partial charge in [-0.2, -0.15) is 0 Å². The number of halogens is 2. The van der Waals surface area contributed by atoms with E-state index in [0.29, 0.717) is 12.6 Å². The summed E-state index contributed by atoms with van der Waals surface area (Å²) in [5.74, 6) is 0.226. The maximum Gasteiger partial charge on any atom is 0.229 e. The molecule has 2 heterocycles. The van der Waals surface area contributed by atoms with Crippen LogP contribution in [0.4, 0.5) is 0 Å². The van der Waals surface area contributed by atoms with Crippen LogP contribution in [0.15, 0.2) is 0 Å². The van der Waals surface area contributed by atoms with Gasteiger partial charge in [0, 0.05) is 25.7 Å². The monoisotopic (exact) mass is 325 g/mol. The molecule has 2 aliphatic rings. The summed E-state index contributed by atoms with van der Waals surface area (Å²) in [4.78, 5) is 16.9. The van der Waals surface area contributed by atoms with Gasteiger partial charge < -0.3 is 10.6 Å². The highest BCUT2D eigenvalue weighted by Crippen LogP contribution is 2.24. The summed E-state index contributed by atoms with van der Waals surface area (Å²) in [5.41, 5.74) is 5.29. The van der Waals surface area contributed by atoms with Crippen LogP contribution in [0, 0.1) is 5.41 Å². The van der Waals surface area contributed by atoms with Gasteiger partial charge in [0.2, 0.25) is 5.91 Å². The molecule has 2 rings (SSSR count). The SMILES string of the molecule is CC(C)(CN)C(=O)N1CCC(N2CCCCC2)C1.Cl.Cl. The molecule has 2 aliphatic heterocycles. The van der Waals surface area contributed by atoms with E-state index < -0.39 is 5.41 Å². The Morgan fingerprint density at radius 2 is 1.75 bits per heavy atom. The third-order valence-electron chi connectivity index (χ3n) is 4.45. The van der Waals surface area contributed by atoms with E-state index in [2.05, 4.69) is 4.90 Å². The molecule has 0 aromatic rings. The van der Waals surface area contributed by atoms with Gasteiger partial charge in [-0.15, -0.1) is 24.8 Å². The fourth-order valence-electron chi connectivity index (χ4n) is 3.02. The first-order valence-corrected chi connectivity index (χ1v) is 7.28. The number of nitrogens with two attached hydrogens (primary N) is 1. The summed E-state index contributed by atoms with van der Waals surface area (Å²) < 4.78 is 0. The fourth-order valence-corrected chi connectivity index (χ4v) is 3.02. The maximum absolute atomic E-state index is 12.4. The van der Waals surface area contributed by atoms with E-state index in [-0.39, 0.29) is 30.7 Å². The molecule has 120 valence electrons. The van der Waals surface area contributed by atoms with Gasteiger partial charge in [-0.3, -0.25) is 9.69 Å². The van der Waals surface area contributed by atoms with Crippen molar-refractivity contribution in [3.63, 3.8) is 0 Å². The Balaban J connectivity index is 0.00000180. The standard InChI is InChI=1S/C14H27N3O.2ClH/c1-14(2,11-15)13(18)17-9-6-12(10-17)16-7-4-3-5-8-16;;/h12H,3-11,15H2,1-2H3;2*1H. The van der Waals surface area contributed by atoms with Gasteiger partial charge in [0.25, 0.3) is 0 Å². The van der Waals surface area contributed by atoms with E-state index >= 15 is 0 Å². The lowest BCUT2D eigenvalue weighted by atomic mass is 9.92. The van der Waals surface area contributed by atoms with E-state index in [4.69, 9.17) is 5.73 Å². The van der Waals surface area contributed by atoms with E-state index in [0.717, 1.165) is 19.5 Å². The number of hydrogen-bond donors (Lipinski definition) is 1. The summed E-state index contributed by atoms with van der Waals surface area (Å²) in [7, 11) is 0. The smallest absolute Gasteiger partial charge is 0.229 e. The second-order valence-electron chi connectivity index (χ2n) is 6.38. The zero-order valence-corrected chi connectivity index (χ0v) is 14.3. The third kappa shape index (κ3) is 4.48. The molecule has 0 saturated carbocycles. The molecule has 2 saturated heterocycles. The lowest BCUT2D eigenvalue weighted by molar-refractivity contribution is -0.138. The zero-order valence-electron chi connectivity index (χ0n) is 12.6. The van der Waals surface area contributed by atoms with E-state index in [1.807, 2.05) is 18.7 Å². The minimum atomic E-state index is -0.406. The van der Waals surface area contributed by atoms with Crippen LogP contribution in [0.25, 0.3) is 0 Å². The molecule has 0 radical (unpaired) electrons. The molecular formula is C14H29Cl2N3O. The number of nitrogens with zero attached hydrogens (tertiary/aromatic N) is 2. The first kappa shape index (κ1) is 20.0. The van der Waals surface area contributed by atoms with Gasteiger partial charge in [0.05, 0.1) is 5.41 Å². The van der Waals surface area contributed by atoms with Crippen molar-refractivity contribution in [1.29, 1.82) is 0 Å². The van der Waals surface area contributed by atoms with Crippen molar-refractivity contribution >= 4 is 30.7 Å². The molecule has 0 aliphatic carbocycles. The van der Waals surface area contributed by atoms with Crippen LogP contribution < -0.4 is 5.73 Å². The number of carbonyl (C=O) groups excluding carboxylic acids is 1. The first-order valence-electron chi connectivity index (χ1n) is 7.28. The topological polar surface area (TPSA) is 49.6 Å². The van der Waals surface area contributed by atoms with Crippen molar-refractivity contribution < 1.29 is 4.79 Å². The molecule has 4 nitrogen and oxygen atoms in total. The van der Waals surface area contributed by atoms with Gasteiger partial charge in [-0.05, 0) is 46.2 Å². The maximum atomic E-state index is 12.4. The van der Waals surface area contributed by atoms with Crippen LogP contribution in [0.3, 0.4) is 0 Å². The fraction of sp³-hybridized carbons (Fsp3) is 0.929. The van der Waals surface area contributed by atoms with Crippen LogP contribution in [0.5, 0.6) is 0 Å². The molecule has 0 spiro atoms. The van der Waals surface area contributed by atoms with Crippen molar-refractivity contribution in [2.75, 3.05) is 32.7 Å². The van der Waals surface area contributed by atoms with Gasteiger partial charge in [0.15, 0.2) is 0 Å². The average Bonchev–Trinajstić information content (AvgIpc) is 2.88. The van der Waals surface area contributed by atoms with Gasteiger partial charge in [-0.25, -0.2) is 0 Å². The first-order chi connectivity index (χ1) is 8.54. The molecule has 1 amide bonds. The van der Waals surface area contributed by atoms with Crippen LogP contribution >= 0.6 is 24.8 Å². The van der Waals surface area contributed by atoms with Gasteiger partial charge in [0.1, 0.15) is 0 Å². The third-order valence-corrected chi connectivity index (χ3v) is 4.45. The van der Waals surface area contributed by atoms with Crippen molar-refractivity contribution in [1.82, 2.24) is 9.80 Å². The van der Waals surface area contributed by atoms with Crippen LogP contribution in [0.2, 0.25) is 0 Å². The minimum absolute atomic E-state index is 0. The summed E-state index contributed by atoms with van der Waals surface area (Å²) in [6.07, 6.45) is 5.13. The molecule has 6 heteroatoms. The Hall–Kier alpha value is -0.0300. The lowest BCUT2D eigenvalue weighted by Crippen LogP contribution is -2.46. The normalized spacial score (nSPS) is 23.9. The number of hydrogen-bond acceptors (Lipinski definition) is 3. The Morgan fingerprint density at radius 1 is 1.15 bits per heavy atom. The molecule has 20 heavy (non-hydrogen) atoms. The van der Waals surface area contributed by atoms with Crippen LogP contribution in [-0.2, 0) is 4.79 Å². The Kier molecular flexibility index (Phi) is 8.41. The van der Waals surface area contributed by atoms with Crippen molar-refractivity contribution in [3.05, 3.63) is 0 Å². The molecular weight excluding hydrogens is 297 g/mol. The Morgan fingerprint density at radius 3 is 2.30 bits per heavy atom. The lowest BCUT2D eigenvalue weighted by Gasteiger charge is -2.33. The quantitative estimate of drug-likeness (QED) is 0.862. The van der Waals surface area contributed by atoms with Gasteiger partial charge >= 0.3 is 0 Å². The zero-order chi connectivity index (χ0) is 13.2. The highest BCUT2D eigenvalue weighted by molar-refractivity contribution is 5.85. The number of likely N-dealkylation sites (tertiary alicyclic amines) is 2. The van der Waals surface area contributed by atoms with E-state index in [9.17, 15) is 4.79 Å².